The summed E-state index contributed by atoms with van der Waals surface area (Å²) < 4.78 is 16.0. The molecule has 0 heterocycles. The van der Waals surface area contributed by atoms with Crippen LogP contribution in [-0.4, -0.2) is 55.6 Å². The summed E-state index contributed by atoms with van der Waals surface area (Å²) in [4.78, 5) is 43.9. The van der Waals surface area contributed by atoms with Crippen molar-refractivity contribution >= 4 is 23.7 Å². The third-order valence-corrected chi connectivity index (χ3v) is 8.26. The molecule has 3 atom stereocenters. The van der Waals surface area contributed by atoms with E-state index in [1.165, 1.54) is 6.08 Å². The highest BCUT2D eigenvalue weighted by Crippen LogP contribution is 2.46. The van der Waals surface area contributed by atoms with E-state index in [4.69, 9.17) is 19.1 Å². The van der Waals surface area contributed by atoms with Crippen LogP contribution in [0.15, 0.2) is 48.5 Å². The lowest BCUT2D eigenvalue weighted by atomic mass is 9.69. The molecular formula is C35H49NO9. The summed E-state index contributed by atoms with van der Waals surface area (Å²) in [6.07, 6.45) is 4.85. The van der Waals surface area contributed by atoms with E-state index < -0.39 is 41.5 Å². The van der Waals surface area contributed by atoms with E-state index in [-0.39, 0.29) is 18.6 Å². The van der Waals surface area contributed by atoms with Crippen LogP contribution in [0.1, 0.15) is 94.3 Å². The van der Waals surface area contributed by atoms with Gasteiger partial charge in [-0.25, -0.2) is 4.89 Å². The van der Waals surface area contributed by atoms with Crippen LogP contribution in [0.5, 0.6) is 11.5 Å². The number of allylic oxidation sites excluding steroid dienone is 1. The fraction of sp³-hybridized carbons (Fsp3) is 0.514. The van der Waals surface area contributed by atoms with Gasteiger partial charge >= 0.3 is 5.97 Å². The zero-order valence-electron chi connectivity index (χ0n) is 27.6. The fourth-order valence-corrected chi connectivity index (χ4v) is 5.32. The van der Waals surface area contributed by atoms with Crippen LogP contribution in [0, 0.1) is 16.7 Å². The maximum Gasteiger partial charge on any atom is 0.311 e. The Morgan fingerprint density at radius 2 is 1.62 bits per heavy atom. The molecule has 0 radical (unpaired) electrons. The Bertz CT molecular complexity index is 1290. The molecule has 0 aliphatic heterocycles. The van der Waals surface area contributed by atoms with Crippen LogP contribution in [0.3, 0.4) is 0 Å². The number of ether oxygens (including phenoxy) is 3. The topological polar surface area (TPSA) is 141 Å². The van der Waals surface area contributed by atoms with Gasteiger partial charge in [-0.3, -0.25) is 19.6 Å². The summed E-state index contributed by atoms with van der Waals surface area (Å²) in [5.41, 5.74) is 0.0767. The van der Waals surface area contributed by atoms with E-state index in [2.05, 4.69) is 5.32 Å². The molecule has 0 aliphatic rings. The number of aliphatic hydroxyl groups excluding tert-OH is 1. The molecule has 0 saturated carbocycles. The minimum absolute atomic E-state index is 0.164. The zero-order valence-corrected chi connectivity index (χ0v) is 27.6. The van der Waals surface area contributed by atoms with Crippen molar-refractivity contribution in [1.82, 2.24) is 5.32 Å². The molecule has 0 aliphatic carbocycles. The predicted molar refractivity (Wildman–Crippen MR) is 172 cm³/mol. The van der Waals surface area contributed by atoms with Crippen molar-refractivity contribution in [3.8, 4) is 11.5 Å². The first-order valence-electron chi connectivity index (χ1n) is 15.3. The summed E-state index contributed by atoms with van der Waals surface area (Å²) in [7, 11) is 3.10. The molecule has 1 amide bonds. The molecule has 10 nitrogen and oxygen atoms in total. The monoisotopic (exact) mass is 627 g/mol. The smallest absolute Gasteiger partial charge is 0.311 e. The van der Waals surface area contributed by atoms with Crippen LogP contribution in [0.4, 0.5) is 0 Å². The van der Waals surface area contributed by atoms with Crippen molar-refractivity contribution in [2.24, 2.45) is 16.7 Å². The number of carbonyl (C=O) groups is 3. The average molecular weight is 628 g/mol. The van der Waals surface area contributed by atoms with Crippen molar-refractivity contribution in [3.63, 3.8) is 0 Å². The molecule has 0 fully saturated rings. The Morgan fingerprint density at radius 1 is 0.956 bits per heavy atom. The van der Waals surface area contributed by atoms with Gasteiger partial charge in [-0.2, -0.15) is 0 Å². The molecule has 2 rings (SSSR count). The van der Waals surface area contributed by atoms with Gasteiger partial charge in [-0.05, 0) is 68.9 Å². The fourth-order valence-electron chi connectivity index (χ4n) is 5.32. The van der Waals surface area contributed by atoms with E-state index >= 15 is 0 Å². The van der Waals surface area contributed by atoms with Gasteiger partial charge in [0.15, 0.2) is 17.3 Å². The zero-order chi connectivity index (χ0) is 33.6. The first-order valence-corrected chi connectivity index (χ1v) is 15.3. The first kappa shape index (κ1) is 37.5. The number of hydrogen-bond acceptors (Lipinski definition) is 9. The third-order valence-electron chi connectivity index (χ3n) is 8.26. The lowest BCUT2D eigenvalue weighted by Crippen LogP contribution is -2.41. The van der Waals surface area contributed by atoms with E-state index in [0.29, 0.717) is 35.7 Å². The molecule has 3 unspecified atom stereocenters. The Morgan fingerprint density at radius 3 is 2.18 bits per heavy atom. The average Bonchev–Trinajstić information content (AvgIpc) is 3.03. The number of methoxy groups -OCH3 is 2. The third kappa shape index (κ3) is 10.4. The molecule has 248 valence electrons. The normalized spacial score (nSPS) is 14.3. The lowest BCUT2D eigenvalue weighted by molar-refractivity contribution is -0.309. The van der Waals surface area contributed by atoms with Gasteiger partial charge < -0.3 is 24.6 Å². The number of aliphatic hydroxyl groups is 1. The van der Waals surface area contributed by atoms with Crippen LogP contribution in [0.25, 0.3) is 6.08 Å². The van der Waals surface area contributed by atoms with Crippen molar-refractivity contribution in [2.45, 2.75) is 72.8 Å². The quantitative estimate of drug-likeness (QED) is 0.0308. The Balaban J connectivity index is 2.27. The second-order valence-corrected chi connectivity index (χ2v) is 12.1. The Hall–Kier alpha value is -3.73. The van der Waals surface area contributed by atoms with E-state index in [0.717, 1.165) is 18.4 Å². The first-order chi connectivity index (χ1) is 21.4. The number of benzene rings is 2. The van der Waals surface area contributed by atoms with Crippen molar-refractivity contribution in [3.05, 3.63) is 65.2 Å². The highest BCUT2D eigenvalue weighted by Gasteiger charge is 2.42. The SMILES string of the molecule is CCCCOC(=O)C(C)(C)CC(CC(C)(CC)C(OO)c1ccc(C(=O)/C=C/c2ccc(OC)c(OC)c2)cc1)C(=O)NCO. The summed E-state index contributed by atoms with van der Waals surface area (Å²) in [5, 5.41) is 22.0. The van der Waals surface area contributed by atoms with Gasteiger partial charge in [0, 0.05) is 16.9 Å². The second-order valence-electron chi connectivity index (χ2n) is 12.1. The van der Waals surface area contributed by atoms with E-state index in [1.807, 2.05) is 26.8 Å². The number of unbranched alkanes of at least 4 members (excludes halogenated alkanes) is 1. The van der Waals surface area contributed by atoms with Gasteiger partial charge in [0.2, 0.25) is 5.91 Å². The predicted octanol–water partition coefficient (Wildman–Crippen LogP) is 6.38. The summed E-state index contributed by atoms with van der Waals surface area (Å²) in [6, 6.07) is 12.1. The van der Waals surface area contributed by atoms with Crippen molar-refractivity contribution in [1.29, 1.82) is 0 Å². The number of ketones is 1. The molecular weight excluding hydrogens is 578 g/mol. The number of esters is 1. The molecule has 10 heteroatoms. The van der Waals surface area contributed by atoms with Crippen molar-refractivity contribution < 1.29 is 43.8 Å². The molecule has 45 heavy (non-hydrogen) atoms. The number of carbonyl (C=O) groups excluding carboxylic acids is 3. The minimum Gasteiger partial charge on any atom is -0.493 e. The minimum atomic E-state index is -0.970. The Kier molecular flexibility index (Phi) is 14.7. The van der Waals surface area contributed by atoms with Crippen LogP contribution in [-0.2, 0) is 19.2 Å². The standard InChI is InChI=1S/C35H49NO9/c1-8-10-19-44-33(40)34(3,4)21-27(32(39)36-23-37)22-35(5,9-2)31(45-41)26-15-13-25(14-16-26)28(38)17-11-24-12-18-29(42-6)30(20-24)43-7/h11-18,20,27,31,37,41H,8-10,19,21-23H2,1-7H3,(H,36,39)/b17-11+. The molecule has 0 spiro atoms. The largest absolute Gasteiger partial charge is 0.493 e. The molecule has 3 N–H and O–H groups in total. The number of amides is 1. The summed E-state index contributed by atoms with van der Waals surface area (Å²) in [5.74, 6) is -0.583. The summed E-state index contributed by atoms with van der Waals surface area (Å²) >= 11 is 0. The number of rotatable bonds is 19. The van der Waals surface area contributed by atoms with Gasteiger partial charge in [-0.1, -0.05) is 63.6 Å². The number of nitrogens with one attached hydrogen (secondary N) is 1. The van der Waals surface area contributed by atoms with Gasteiger partial charge in [0.25, 0.3) is 0 Å². The maximum atomic E-state index is 13.1. The molecule has 0 saturated heterocycles. The van der Waals surface area contributed by atoms with E-state index in [9.17, 15) is 24.7 Å². The highest BCUT2D eigenvalue weighted by molar-refractivity contribution is 6.06. The second kappa shape index (κ2) is 17.7. The molecule has 0 aromatic heterocycles. The molecule has 2 aromatic carbocycles. The van der Waals surface area contributed by atoms with Crippen LogP contribution >= 0.6 is 0 Å². The highest BCUT2D eigenvalue weighted by atomic mass is 17.1. The Labute approximate surface area is 266 Å². The van der Waals surface area contributed by atoms with Crippen LogP contribution in [0.2, 0.25) is 0 Å². The van der Waals surface area contributed by atoms with Crippen LogP contribution < -0.4 is 14.8 Å². The molecule has 0 bridgehead atoms. The lowest BCUT2D eigenvalue weighted by Gasteiger charge is -2.39. The van der Waals surface area contributed by atoms with Crippen molar-refractivity contribution in [2.75, 3.05) is 27.6 Å². The van der Waals surface area contributed by atoms with Gasteiger partial charge in [0.1, 0.15) is 12.8 Å². The maximum absolute atomic E-state index is 13.1. The van der Waals surface area contributed by atoms with Gasteiger partial charge in [0.05, 0.1) is 26.2 Å². The number of hydrogen-bond donors (Lipinski definition) is 3. The van der Waals surface area contributed by atoms with E-state index in [1.54, 1.807) is 70.5 Å². The van der Waals surface area contributed by atoms with Gasteiger partial charge in [-0.15, -0.1) is 0 Å². The summed E-state index contributed by atoms with van der Waals surface area (Å²) in [6.45, 7) is 9.06. The molecule has 2 aromatic rings.